The lowest BCUT2D eigenvalue weighted by Crippen LogP contribution is -2.06. The summed E-state index contributed by atoms with van der Waals surface area (Å²) in [6.07, 6.45) is 1.58. The van der Waals surface area contributed by atoms with Crippen LogP contribution in [0, 0.1) is 0 Å². The summed E-state index contributed by atoms with van der Waals surface area (Å²) in [4.78, 5) is 13.4. The summed E-state index contributed by atoms with van der Waals surface area (Å²) in [7, 11) is 0. The van der Waals surface area contributed by atoms with Gasteiger partial charge >= 0.3 is 6.61 Å². The number of rotatable bonds is 4. The zero-order chi connectivity index (χ0) is 15.5. The first-order valence-corrected chi connectivity index (χ1v) is 7.14. The number of benzene rings is 2. The van der Waals surface area contributed by atoms with Gasteiger partial charge in [0.15, 0.2) is 0 Å². The Kier molecular flexibility index (Phi) is 4.06. The molecular weight excluding hydrogens is 310 g/mol. The number of halogens is 2. The normalized spacial score (nSPS) is 11.0. The molecule has 0 atom stereocenters. The Bertz CT molecular complexity index is 850. The Hall–Kier alpha value is -2.41. The standard InChI is InChI=1S/C15H10F2N2O2S/c16-15(17)21-10-1-3-11(4-2-10)22-12-5-6-13-9(7-12)8-18-19-14(13)20/h1-8,15H,(H,19,20). The van der Waals surface area contributed by atoms with Crippen molar-refractivity contribution in [2.24, 2.45) is 0 Å². The van der Waals surface area contributed by atoms with E-state index in [4.69, 9.17) is 0 Å². The molecule has 0 bridgehead atoms. The second-order valence-corrected chi connectivity index (χ2v) is 5.55. The third-order valence-corrected chi connectivity index (χ3v) is 3.92. The number of ether oxygens (including phenoxy) is 1. The summed E-state index contributed by atoms with van der Waals surface area (Å²) in [6.45, 7) is -2.83. The van der Waals surface area contributed by atoms with Gasteiger partial charge in [-0.2, -0.15) is 13.9 Å². The molecule has 0 saturated heterocycles. The number of aromatic amines is 1. The minimum absolute atomic E-state index is 0.119. The maximum atomic E-state index is 12.1. The van der Waals surface area contributed by atoms with E-state index in [0.29, 0.717) is 5.39 Å². The molecule has 0 aliphatic heterocycles. The topological polar surface area (TPSA) is 55.0 Å². The lowest BCUT2D eigenvalue weighted by atomic mass is 10.2. The minimum atomic E-state index is -2.83. The van der Waals surface area contributed by atoms with Crippen molar-refractivity contribution in [3.63, 3.8) is 0 Å². The Morgan fingerprint density at radius 2 is 1.82 bits per heavy atom. The van der Waals surface area contributed by atoms with E-state index in [9.17, 15) is 13.6 Å². The number of fused-ring (bicyclic) bond motifs is 1. The maximum absolute atomic E-state index is 12.1. The molecule has 1 aromatic heterocycles. The van der Waals surface area contributed by atoms with Gasteiger partial charge in [-0.05, 0) is 42.5 Å². The molecule has 0 aliphatic rings. The van der Waals surface area contributed by atoms with Crippen LogP contribution in [-0.2, 0) is 0 Å². The molecule has 0 unspecified atom stereocenters. The zero-order valence-corrected chi connectivity index (χ0v) is 11.9. The molecule has 3 rings (SSSR count). The van der Waals surface area contributed by atoms with E-state index in [0.717, 1.165) is 15.2 Å². The highest BCUT2D eigenvalue weighted by molar-refractivity contribution is 7.99. The van der Waals surface area contributed by atoms with Crippen LogP contribution in [0.5, 0.6) is 5.75 Å². The van der Waals surface area contributed by atoms with E-state index in [-0.39, 0.29) is 11.3 Å². The van der Waals surface area contributed by atoms with E-state index in [1.54, 1.807) is 24.4 Å². The van der Waals surface area contributed by atoms with Crippen molar-refractivity contribution in [1.82, 2.24) is 10.2 Å². The van der Waals surface area contributed by atoms with Crippen LogP contribution in [0.15, 0.2) is 63.2 Å². The van der Waals surface area contributed by atoms with E-state index in [1.807, 2.05) is 12.1 Å². The Labute approximate surface area is 128 Å². The molecule has 0 amide bonds. The average molecular weight is 320 g/mol. The highest BCUT2D eigenvalue weighted by Gasteiger charge is 2.05. The number of alkyl halides is 2. The van der Waals surface area contributed by atoms with Gasteiger partial charge in [0.2, 0.25) is 0 Å². The van der Waals surface area contributed by atoms with Gasteiger partial charge in [0.25, 0.3) is 5.56 Å². The lowest BCUT2D eigenvalue weighted by molar-refractivity contribution is -0.0498. The van der Waals surface area contributed by atoms with Gasteiger partial charge in [-0.3, -0.25) is 4.79 Å². The summed E-state index contributed by atoms with van der Waals surface area (Å²) in [5, 5.41) is 7.45. The van der Waals surface area contributed by atoms with Crippen LogP contribution in [0.2, 0.25) is 0 Å². The van der Waals surface area contributed by atoms with Crippen molar-refractivity contribution in [2.75, 3.05) is 0 Å². The number of nitrogens with one attached hydrogen (secondary N) is 1. The molecule has 2 aromatic carbocycles. The quantitative estimate of drug-likeness (QED) is 0.797. The van der Waals surface area contributed by atoms with E-state index in [2.05, 4.69) is 14.9 Å². The molecule has 0 fully saturated rings. The third kappa shape index (κ3) is 3.25. The second kappa shape index (κ2) is 6.15. The van der Waals surface area contributed by atoms with Gasteiger partial charge in [0.05, 0.1) is 11.6 Å². The zero-order valence-electron chi connectivity index (χ0n) is 11.1. The minimum Gasteiger partial charge on any atom is -0.435 e. The predicted molar refractivity (Wildman–Crippen MR) is 79.6 cm³/mol. The molecule has 0 radical (unpaired) electrons. The van der Waals surface area contributed by atoms with Crippen molar-refractivity contribution >= 4 is 22.5 Å². The van der Waals surface area contributed by atoms with Crippen molar-refractivity contribution < 1.29 is 13.5 Å². The van der Waals surface area contributed by atoms with Crippen LogP contribution in [0.3, 0.4) is 0 Å². The summed E-state index contributed by atoms with van der Waals surface area (Å²) in [6, 6.07) is 11.8. The SMILES string of the molecule is O=c1[nH]ncc2cc(Sc3ccc(OC(F)F)cc3)ccc12. The van der Waals surface area contributed by atoms with Gasteiger partial charge in [0.1, 0.15) is 5.75 Å². The number of nitrogens with zero attached hydrogens (tertiary/aromatic N) is 1. The van der Waals surface area contributed by atoms with Crippen molar-refractivity contribution in [1.29, 1.82) is 0 Å². The fourth-order valence-corrected chi connectivity index (χ4v) is 2.83. The molecule has 1 heterocycles. The van der Waals surface area contributed by atoms with Crippen molar-refractivity contribution in [3.05, 3.63) is 59.0 Å². The molecule has 1 N–H and O–H groups in total. The maximum Gasteiger partial charge on any atom is 0.387 e. The summed E-state index contributed by atoms with van der Waals surface area (Å²) < 4.78 is 28.5. The lowest BCUT2D eigenvalue weighted by Gasteiger charge is -2.06. The van der Waals surface area contributed by atoms with Crippen LogP contribution < -0.4 is 10.3 Å². The van der Waals surface area contributed by atoms with Crippen molar-refractivity contribution in [3.8, 4) is 5.75 Å². The number of H-pyrrole nitrogens is 1. The van der Waals surface area contributed by atoms with Crippen LogP contribution in [0.25, 0.3) is 10.8 Å². The highest BCUT2D eigenvalue weighted by Crippen LogP contribution is 2.30. The summed E-state index contributed by atoms with van der Waals surface area (Å²) in [5.41, 5.74) is -0.234. The smallest absolute Gasteiger partial charge is 0.387 e. The first kappa shape index (κ1) is 14.5. The second-order valence-electron chi connectivity index (χ2n) is 4.40. The molecule has 4 nitrogen and oxygen atoms in total. The van der Waals surface area contributed by atoms with E-state index in [1.165, 1.54) is 23.9 Å². The molecule has 0 aliphatic carbocycles. The monoisotopic (exact) mass is 320 g/mol. The average Bonchev–Trinajstić information content (AvgIpc) is 2.49. The third-order valence-electron chi connectivity index (χ3n) is 2.92. The van der Waals surface area contributed by atoms with Crippen molar-refractivity contribution in [2.45, 2.75) is 16.4 Å². The molecular formula is C15H10F2N2O2S. The fourth-order valence-electron chi connectivity index (χ4n) is 1.96. The number of aromatic nitrogens is 2. The van der Waals surface area contributed by atoms with Crippen LogP contribution in [0.1, 0.15) is 0 Å². The van der Waals surface area contributed by atoms with Crippen LogP contribution in [-0.4, -0.2) is 16.8 Å². The van der Waals surface area contributed by atoms with Gasteiger partial charge < -0.3 is 4.74 Å². The van der Waals surface area contributed by atoms with Gasteiger partial charge in [-0.15, -0.1) is 0 Å². The van der Waals surface area contributed by atoms with Gasteiger partial charge in [-0.1, -0.05) is 11.8 Å². The number of hydrogen-bond donors (Lipinski definition) is 1. The first-order chi connectivity index (χ1) is 10.6. The summed E-state index contributed by atoms with van der Waals surface area (Å²) in [5.74, 6) is 0.119. The van der Waals surface area contributed by atoms with Crippen LogP contribution in [0.4, 0.5) is 8.78 Å². The predicted octanol–water partition coefficient (Wildman–Crippen LogP) is 3.68. The molecule has 22 heavy (non-hydrogen) atoms. The summed E-state index contributed by atoms with van der Waals surface area (Å²) >= 11 is 1.45. The van der Waals surface area contributed by atoms with E-state index < -0.39 is 6.61 Å². The van der Waals surface area contributed by atoms with E-state index >= 15 is 0 Å². The van der Waals surface area contributed by atoms with Gasteiger partial charge in [0, 0.05) is 15.2 Å². The molecule has 7 heteroatoms. The van der Waals surface area contributed by atoms with Crippen LogP contribution >= 0.6 is 11.8 Å². The van der Waals surface area contributed by atoms with Gasteiger partial charge in [-0.25, -0.2) is 5.10 Å². The fraction of sp³-hybridized carbons (Fsp3) is 0.0667. The first-order valence-electron chi connectivity index (χ1n) is 6.32. The molecule has 3 aromatic rings. The number of hydrogen-bond acceptors (Lipinski definition) is 4. The Balaban J connectivity index is 1.82. The molecule has 112 valence electrons. The molecule has 0 spiro atoms. The molecule has 0 saturated carbocycles. The Morgan fingerprint density at radius 3 is 2.55 bits per heavy atom. The Morgan fingerprint density at radius 1 is 1.09 bits per heavy atom. The highest BCUT2D eigenvalue weighted by atomic mass is 32.2. The largest absolute Gasteiger partial charge is 0.435 e.